The summed E-state index contributed by atoms with van der Waals surface area (Å²) in [5, 5.41) is 7.78. The van der Waals surface area contributed by atoms with Gasteiger partial charge >= 0.3 is 0 Å². The molecular weight excluding hydrogens is 298 g/mol. The predicted molar refractivity (Wildman–Crippen MR) is 74.2 cm³/mol. The molecule has 0 saturated heterocycles. The van der Waals surface area contributed by atoms with E-state index in [-0.39, 0.29) is 6.04 Å². The first-order valence-corrected chi connectivity index (χ1v) is 7.26. The summed E-state index contributed by atoms with van der Waals surface area (Å²) in [7, 11) is 0. The molecule has 0 fully saturated rings. The Bertz CT molecular complexity index is 458. The summed E-state index contributed by atoms with van der Waals surface area (Å²) in [4.78, 5) is 8.18. The Kier molecular flexibility index (Phi) is 4.65. The van der Waals surface area contributed by atoms with Gasteiger partial charge in [-0.2, -0.15) is 11.3 Å². The van der Waals surface area contributed by atoms with E-state index >= 15 is 0 Å². The van der Waals surface area contributed by atoms with Gasteiger partial charge in [0.15, 0.2) is 0 Å². The lowest BCUT2D eigenvalue weighted by Gasteiger charge is -2.18. The SMILES string of the molecule is CCCNC(c1cncnc1)c1cscc1Br. The number of thiophene rings is 1. The van der Waals surface area contributed by atoms with Crippen LogP contribution < -0.4 is 5.32 Å². The van der Waals surface area contributed by atoms with Crippen LogP contribution in [-0.4, -0.2) is 16.5 Å². The summed E-state index contributed by atoms with van der Waals surface area (Å²) in [6.45, 7) is 3.13. The number of nitrogens with zero attached hydrogens (tertiary/aromatic N) is 2. The average Bonchev–Trinajstić information content (AvgIpc) is 2.78. The van der Waals surface area contributed by atoms with Crippen LogP contribution in [0.2, 0.25) is 0 Å². The van der Waals surface area contributed by atoms with E-state index in [0.29, 0.717) is 0 Å². The predicted octanol–water partition coefficient (Wildman–Crippen LogP) is 3.39. The molecule has 0 aliphatic carbocycles. The van der Waals surface area contributed by atoms with Crippen LogP contribution in [0.5, 0.6) is 0 Å². The van der Waals surface area contributed by atoms with Crippen molar-refractivity contribution in [2.75, 3.05) is 6.54 Å². The Morgan fingerprint density at radius 1 is 1.35 bits per heavy atom. The Morgan fingerprint density at radius 3 is 2.71 bits per heavy atom. The van der Waals surface area contributed by atoms with Gasteiger partial charge in [-0.15, -0.1) is 0 Å². The van der Waals surface area contributed by atoms with E-state index in [1.165, 1.54) is 5.56 Å². The number of hydrogen-bond acceptors (Lipinski definition) is 4. The highest BCUT2D eigenvalue weighted by Gasteiger charge is 2.17. The van der Waals surface area contributed by atoms with Crippen molar-refractivity contribution in [2.24, 2.45) is 0 Å². The topological polar surface area (TPSA) is 37.8 Å². The van der Waals surface area contributed by atoms with Crippen LogP contribution in [0.1, 0.15) is 30.5 Å². The van der Waals surface area contributed by atoms with Gasteiger partial charge in [-0.1, -0.05) is 6.92 Å². The first-order chi connectivity index (χ1) is 8.33. The molecule has 1 unspecified atom stereocenters. The largest absolute Gasteiger partial charge is 0.306 e. The van der Waals surface area contributed by atoms with Crippen molar-refractivity contribution in [1.29, 1.82) is 0 Å². The van der Waals surface area contributed by atoms with Crippen LogP contribution in [0.25, 0.3) is 0 Å². The Balaban J connectivity index is 2.29. The average molecular weight is 312 g/mol. The van der Waals surface area contributed by atoms with Crippen molar-refractivity contribution in [2.45, 2.75) is 19.4 Å². The van der Waals surface area contributed by atoms with Crippen molar-refractivity contribution < 1.29 is 0 Å². The highest BCUT2D eigenvalue weighted by atomic mass is 79.9. The highest BCUT2D eigenvalue weighted by molar-refractivity contribution is 9.10. The summed E-state index contributed by atoms with van der Waals surface area (Å²) in [6, 6.07) is 0.164. The molecule has 1 atom stereocenters. The summed E-state index contributed by atoms with van der Waals surface area (Å²) < 4.78 is 1.14. The van der Waals surface area contributed by atoms with Gasteiger partial charge in [-0.25, -0.2) is 9.97 Å². The van der Waals surface area contributed by atoms with Crippen LogP contribution in [0.4, 0.5) is 0 Å². The fourth-order valence-electron chi connectivity index (χ4n) is 1.65. The van der Waals surface area contributed by atoms with E-state index in [1.54, 1.807) is 17.7 Å². The van der Waals surface area contributed by atoms with Gasteiger partial charge in [-0.3, -0.25) is 0 Å². The van der Waals surface area contributed by atoms with Gasteiger partial charge in [0.25, 0.3) is 0 Å². The van der Waals surface area contributed by atoms with E-state index in [4.69, 9.17) is 0 Å². The Labute approximate surface area is 113 Å². The third-order valence-electron chi connectivity index (χ3n) is 2.47. The molecule has 2 heterocycles. The van der Waals surface area contributed by atoms with Crippen molar-refractivity contribution in [3.63, 3.8) is 0 Å². The van der Waals surface area contributed by atoms with Gasteiger partial charge in [0, 0.05) is 27.8 Å². The van der Waals surface area contributed by atoms with E-state index < -0.39 is 0 Å². The Morgan fingerprint density at radius 2 is 2.12 bits per heavy atom. The molecule has 3 nitrogen and oxygen atoms in total. The van der Waals surface area contributed by atoms with Crippen LogP contribution in [0, 0.1) is 0 Å². The minimum atomic E-state index is 0.164. The molecule has 0 saturated carbocycles. The van der Waals surface area contributed by atoms with Gasteiger partial charge in [0.05, 0.1) is 6.04 Å². The molecule has 0 aliphatic heterocycles. The maximum Gasteiger partial charge on any atom is 0.115 e. The summed E-state index contributed by atoms with van der Waals surface area (Å²) in [5.74, 6) is 0. The summed E-state index contributed by atoms with van der Waals surface area (Å²) in [6.07, 6.45) is 6.39. The zero-order valence-corrected chi connectivity index (χ0v) is 12.0. The number of rotatable bonds is 5. The van der Waals surface area contributed by atoms with Crippen LogP contribution >= 0.6 is 27.3 Å². The third kappa shape index (κ3) is 3.12. The summed E-state index contributed by atoms with van der Waals surface area (Å²) >= 11 is 5.28. The van der Waals surface area contributed by atoms with Gasteiger partial charge in [0.1, 0.15) is 6.33 Å². The molecule has 17 heavy (non-hydrogen) atoms. The van der Waals surface area contributed by atoms with Crippen molar-refractivity contribution in [3.05, 3.63) is 45.1 Å². The molecule has 0 aliphatic rings. The number of aromatic nitrogens is 2. The molecule has 5 heteroatoms. The smallest absolute Gasteiger partial charge is 0.115 e. The maximum atomic E-state index is 4.09. The lowest BCUT2D eigenvalue weighted by Crippen LogP contribution is -2.23. The zero-order valence-electron chi connectivity index (χ0n) is 9.56. The minimum Gasteiger partial charge on any atom is -0.306 e. The second kappa shape index (κ2) is 6.23. The molecule has 0 amide bonds. The minimum absolute atomic E-state index is 0.164. The lowest BCUT2D eigenvalue weighted by molar-refractivity contribution is 0.595. The highest BCUT2D eigenvalue weighted by Crippen LogP contribution is 2.30. The number of hydrogen-bond donors (Lipinski definition) is 1. The molecule has 2 aromatic rings. The number of halogens is 1. The van der Waals surface area contributed by atoms with Crippen molar-refractivity contribution in [3.8, 4) is 0 Å². The molecule has 2 rings (SSSR count). The normalized spacial score (nSPS) is 12.6. The molecule has 0 aromatic carbocycles. The molecule has 1 N–H and O–H groups in total. The molecule has 2 aromatic heterocycles. The maximum absolute atomic E-state index is 4.09. The van der Waals surface area contributed by atoms with Gasteiger partial charge < -0.3 is 5.32 Å². The first kappa shape index (κ1) is 12.7. The fourth-order valence-corrected chi connectivity index (χ4v) is 3.20. The monoisotopic (exact) mass is 311 g/mol. The van der Waals surface area contributed by atoms with Crippen LogP contribution in [-0.2, 0) is 0 Å². The number of nitrogens with one attached hydrogen (secondary N) is 1. The second-order valence-electron chi connectivity index (χ2n) is 3.73. The van der Waals surface area contributed by atoms with Gasteiger partial charge in [-0.05, 0) is 39.8 Å². The van der Waals surface area contributed by atoms with Crippen molar-refractivity contribution in [1.82, 2.24) is 15.3 Å². The standard InChI is InChI=1S/C12H14BrN3S/c1-2-3-16-12(9-4-14-8-15-5-9)10-6-17-7-11(10)13/h4-8,12,16H,2-3H2,1H3. The van der Waals surface area contributed by atoms with Gasteiger partial charge in [0.2, 0.25) is 0 Å². The molecule has 0 bridgehead atoms. The summed E-state index contributed by atoms with van der Waals surface area (Å²) in [5.41, 5.74) is 2.35. The van der Waals surface area contributed by atoms with E-state index in [2.05, 4.69) is 48.9 Å². The molecule has 90 valence electrons. The second-order valence-corrected chi connectivity index (χ2v) is 5.33. The first-order valence-electron chi connectivity index (χ1n) is 5.52. The van der Waals surface area contributed by atoms with Crippen LogP contribution in [0.15, 0.2) is 34.0 Å². The quantitative estimate of drug-likeness (QED) is 0.919. The van der Waals surface area contributed by atoms with Crippen LogP contribution in [0.3, 0.4) is 0 Å². The molecule has 0 spiro atoms. The fraction of sp³-hybridized carbons (Fsp3) is 0.333. The lowest BCUT2D eigenvalue weighted by atomic mass is 10.0. The van der Waals surface area contributed by atoms with Crippen molar-refractivity contribution >= 4 is 27.3 Å². The van der Waals surface area contributed by atoms with E-state index in [9.17, 15) is 0 Å². The zero-order chi connectivity index (χ0) is 12.1. The molecule has 0 radical (unpaired) electrons. The molecular formula is C12H14BrN3S. The van der Waals surface area contributed by atoms with E-state index in [1.807, 2.05) is 12.4 Å². The van der Waals surface area contributed by atoms with E-state index in [0.717, 1.165) is 23.0 Å². The third-order valence-corrected chi connectivity index (χ3v) is 4.22. The Hall–Kier alpha value is -0.780.